The van der Waals surface area contributed by atoms with Crippen LogP contribution in [0.15, 0.2) is 10.9 Å². The first-order valence-corrected chi connectivity index (χ1v) is 5.51. The summed E-state index contributed by atoms with van der Waals surface area (Å²) in [6.07, 6.45) is 0.315. The molecular weight excluding hydrogens is 214 g/mol. The molecule has 1 rings (SSSR count). The van der Waals surface area contributed by atoms with Crippen molar-refractivity contribution < 1.29 is 9.59 Å². The van der Waals surface area contributed by atoms with E-state index >= 15 is 0 Å². The standard InChI is InChI=1S/C9H13N3O2S/c1-3-8(13)12(6(2)9(10)14)7-4-15-5-11-7/h4-6H,3H2,1-2H3,(H2,10,14)/t6-/m0/s1. The molecule has 0 spiro atoms. The van der Waals surface area contributed by atoms with Crippen LogP contribution in [0.4, 0.5) is 5.82 Å². The molecule has 0 aromatic carbocycles. The summed E-state index contributed by atoms with van der Waals surface area (Å²) < 4.78 is 0. The molecule has 82 valence electrons. The van der Waals surface area contributed by atoms with Gasteiger partial charge in [-0.2, -0.15) is 0 Å². The van der Waals surface area contributed by atoms with Gasteiger partial charge < -0.3 is 5.73 Å². The predicted molar refractivity (Wildman–Crippen MR) is 58.5 cm³/mol. The maximum absolute atomic E-state index is 11.6. The first kappa shape index (κ1) is 11.6. The summed E-state index contributed by atoms with van der Waals surface area (Å²) in [5, 5.41) is 1.72. The molecular formula is C9H13N3O2S. The van der Waals surface area contributed by atoms with E-state index < -0.39 is 11.9 Å². The van der Waals surface area contributed by atoms with Gasteiger partial charge in [-0.15, -0.1) is 11.3 Å². The van der Waals surface area contributed by atoms with E-state index in [2.05, 4.69) is 4.98 Å². The van der Waals surface area contributed by atoms with E-state index in [4.69, 9.17) is 5.73 Å². The Morgan fingerprint density at radius 2 is 2.33 bits per heavy atom. The number of nitrogens with two attached hydrogens (primary N) is 1. The van der Waals surface area contributed by atoms with E-state index in [1.165, 1.54) is 16.2 Å². The van der Waals surface area contributed by atoms with Gasteiger partial charge in [0.05, 0.1) is 5.51 Å². The molecule has 0 unspecified atom stereocenters. The van der Waals surface area contributed by atoms with E-state index in [-0.39, 0.29) is 5.91 Å². The lowest BCUT2D eigenvalue weighted by Crippen LogP contribution is -2.46. The molecule has 6 heteroatoms. The lowest BCUT2D eigenvalue weighted by molar-refractivity contribution is -0.124. The van der Waals surface area contributed by atoms with Gasteiger partial charge in [-0.05, 0) is 6.92 Å². The van der Waals surface area contributed by atoms with Gasteiger partial charge in [0, 0.05) is 11.8 Å². The summed E-state index contributed by atoms with van der Waals surface area (Å²) in [7, 11) is 0. The number of amides is 2. The number of nitrogens with zero attached hydrogens (tertiary/aromatic N) is 2. The molecule has 0 aliphatic heterocycles. The van der Waals surface area contributed by atoms with Crippen LogP contribution in [0.3, 0.4) is 0 Å². The minimum atomic E-state index is -0.667. The third-order valence-electron chi connectivity index (χ3n) is 2.04. The highest BCUT2D eigenvalue weighted by Gasteiger charge is 2.25. The largest absolute Gasteiger partial charge is 0.368 e. The zero-order valence-electron chi connectivity index (χ0n) is 8.64. The van der Waals surface area contributed by atoms with Gasteiger partial charge in [0.15, 0.2) is 0 Å². The normalized spacial score (nSPS) is 12.1. The summed E-state index contributed by atoms with van der Waals surface area (Å²) in [5.74, 6) is -0.213. The van der Waals surface area contributed by atoms with Crippen LogP contribution in [-0.4, -0.2) is 22.8 Å². The molecule has 1 aromatic rings. The van der Waals surface area contributed by atoms with Crippen molar-refractivity contribution in [3.05, 3.63) is 10.9 Å². The fourth-order valence-electron chi connectivity index (χ4n) is 1.16. The van der Waals surface area contributed by atoms with Crippen LogP contribution in [0, 0.1) is 0 Å². The van der Waals surface area contributed by atoms with E-state index in [1.807, 2.05) is 0 Å². The maximum atomic E-state index is 11.6. The van der Waals surface area contributed by atoms with Crippen LogP contribution in [0.2, 0.25) is 0 Å². The number of carbonyl (C=O) groups excluding carboxylic acids is 2. The second kappa shape index (κ2) is 4.88. The minimum Gasteiger partial charge on any atom is -0.368 e. The van der Waals surface area contributed by atoms with Crippen molar-refractivity contribution in [1.29, 1.82) is 0 Å². The van der Waals surface area contributed by atoms with Crippen molar-refractivity contribution in [2.24, 2.45) is 5.73 Å². The average Bonchev–Trinajstić information content (AvgIpc) is 2.70. The van der Waals surface area contributed by atoms with Crippen molar-refractivity contribution in [2.75, 3.05) is 4.90 Å². The number of carbonyl (C=O) groups is 2. The van der Waals surface area contributed by atoms with E-state index in [1.54, 1.807) is 24.7 Å². The summed E-state index contributed by atoms with van der Waals surface area (Å²) >= 11 is 1.37. The van der Waals surface area contributed by atoms with Gasteiger partial charge in [-0.25, -0.2) is 4.98 Å². The maximum Gasteiger partial charge on any atom is 0.240 e. The molecule has 2 amide bonds. The average molecular weight is 227 g/mol. The second-order valence-corrected chi connectivity index (χ2v) is 3.76. The molecule has 0 aliphatic rings. The number of rotatable bonds is 4. The molecule has 0 aliphatic carbocycles. The highest BCUT2D eigenvalue weighted by Crippen LogP contribution is 2.17. The first-order valence-electron chi connectivity index (χ1n) is 4.57. The molecule has 0 saturated carbocycles. The second-order valence-electron chi connectivity index (χ2n) is 3.04. The monoisotopic (exact) mass is 227 g/mol. The van der Waals surface area contributed by atoms with Crippen LogP contribution >= 0.6 is 11.3 Å². The van der Waals surface area contributed by atoms with Crippen LogP contribution in [0.5, 0.6) is 0 Å². The fraction of sp³-hybridized carbons (Fsp3) is 0.444. The Balaban J connectivity index is 2.98. The number of hydrogen-bond acceptors (Lipinski definition) is 4. The lowest BCUT2D eigenvalue weighted by Gasteiger charge is -2.24. The Morgan fingerprint density at radius 1 is 1.67 bits per heavy atom. The van der Waals surface area contributed by atoms with E-state index in [0.717, 1.165) is 0 Å². The number of hydrogen-bond donors (Lipinski definition) is 1. The zero-order chi connectivity index (χ0) is 11.4. The lowest BCUT2D eigenvalue weighted by atomic mass is 10.2. The van der Waals surface area contributed by atoms with Gasteiger partial charge in [0.25, 0.3) is 0 Å². The van der Waals surface area contributed by atoms with Crippen LogP contribution in [0.1, 0.15) is 20.3 Å². The minimum absolute atomic E-state index is 0.160. The van der Waals surface area contributed by atoms with Crippen LogP contribution < -0.4 is 10.6 Å². The molecule has 2 N–H and O–H groups in total. The van der Waals surface area contributed by atoms with E-state index in [0.29, 0.717) is 12.2 Å². The number of anilines is 1. The van der Waals surface area contributed by atoms with Crippen LogP contribution in [0.25, 0.3) is 0 Å². The van der Waals surface area contributed by atoms with Gasteiger partial charge in [0.2, 0.25) is 11.8 Å². The van der Waals surface area contributed by atoms with E-state index in [9.17, 15) is 9.59 Å². The van der Waals surface area contributed by atoms with Crippen molar-refractivity contribution in [3.63, 3.8) is 0 Å². The summed E-state index contributed by atoms with van der Waals surface area (Å²) in [4.78, 5) is 28.0. The molecule has 0 bridgehead atoms. The summed E-state index contributed by atoms with van der Waals surface area (Å²) in [6.45, 7) is 3.32. The Kier molecular flexibility index (Phi) is 3.79. The third-order valence-corrected chi connectivity index (χ3v) is 2.61. The predicted octanol–water partition coefficient (Wildman–Crippen LogP) is 0.760. The number of primary amides is 1. The summed E-state index contributed by atoms with van der Waals surface area (Å²) in [6, 6.07) is -0.667. The molecule has 0 radical (unpaired) electrons. The molecule has 15 heavy (non-hydrogen) atoms. The van der Waals surface area contributed by atoms with Crippen molar-refractivity contribution >= 4 is 29.0 Å². The van der Waals surface area contributed by atoms with Gasteiger partial charge in [-0.3, -0.25) is 14.5 Å². The fourth-order valence-corrected chi connectivity index (χ4v) is 1.69. The Bertz CT molecular complexity index is 350. The molecule has 1 heterocycles. The van der Waals surface area contributed by atoms with Crippen molar-refractivity contribution in [1.82, 2.24) is 4.98 Å². The van der Waals surface area contributed by atoms with Gasteiger partial charge in [-0.1, -0.05) is 6.92 Å². The molecule has 0 fully saturated rings. The van der Waals surface area contributed by atoms with Gasteiger partial charge >= 0.3 is 0 Å². The third kappa shape index (κ3) is 2.53. The quantitative estimate of drug-likeness (QED) is 0.825. The summed E-state index contributed by atoms with van der Waals surface area (Å²) in [5.41, 5.74) is 6.79. The van der Waals surface area contributed by atoms with Crippen molar-refractivity contribution in [2.45, 2.75) is 26.3 Å². The molecule has 1 aromatic heterocycles. The van der Waals surface area contributed by atoms with Crippen molar-refractivity contribution in [3.8, 4) is 0 Å². The number of aromatic nitrogens is 1. The van der Waals surface area contributed by atoms with Crippen LogP contribution in [-0.2, 0) is 9.59 Å². The van der Waals surface area contributed by atoms with Gasteiger partial charge in [0.1, 0.15) is 11.9 Å². The Labute approximate surface area is 91.9 Å². The SMILES string of the molecule is CCC(=O)N(c1cscn1)[C@@H](C)C(N)=O. The Morgan fingerprint density at radius 3 is 2.73 bits per heavy atom. The highest BCUT2D eigenvalue weighted by molar-refractivity contribution is 7.07. The topological polar surface area (TPSA) is 76.3 Å². The Hall–Kier alpha value is -1.43. The zero-order valence-corrected chi connectivity index (χ0v) is 9.45. The highest BCUT2D eigenvalue weighted by atomic mass is 32.1. The molecule has 1 atom stereocenters. The molecule has 0 saturated heterocycles. The smallest absolute Gasteiger partial charge is 0.240 e. The number of thiazole rings is 1. The molecule has 5 nitrogen and oxygen atoms in total. The first-order chi connectivity index (χ1) is 7.07.